The Bertz CT molecular complexity index is 172. The van der Waals surface area contributed by atoms with Crippen LogP contribution in [0.4, 0.5) is 0 Å². The molecule has 0 aliphatic carbocycles. The average molecular weight is 230 g/mol. The topological polar surface area (TPSA) is 47.7 Å². The van der Waals surface area contributed by atoms with Crippen LogP contribution in [-0.4, -0.2) is 50.1 Å². The molecule has 1 atom stereocenters. The van der Waals surface area contributed by atoms with Crippen LogP contribution in [0.25, 0.3) is 0 Å². The number of hydrogen-bond donors (Lipinski definition) is 1. The first kappa shape index (κ1) is 13.9. The van der Waals surface area contributed by atoms with E-state index in [1.165, 1.54) is 19.3 Å². The first-order valence-electron chi connectivity index (χ1n) is 6.49. The highest BCUT2D eigenvalue weighted by Gasteiger charge is 2.24. The van der Waals surface area contributed by atoms with E-state index >= 15 is 0 Å². The molecule has 1 fully saturated rings. The summed E-state index contributed by atoms with van der Waals surface area (Å²) in [5, 5.41) is 0. The van der Waals surface area contributed by atoms with Gasteiger partial charge in [-0.15, -0.1) is 0 Å². The molecule has 0 amide bonds. The van der Waals surface area contributed by atoms with Crippen molar-refractivity contribution in [3.05, 3.63) is 0 Å². The third-order valence-electron chi connectivity index (χ3n) is 3.11. The standard InChI is InChI=1S/C12H26N2O2/c1-3-15-12(16-4-2)10-14-8-6-5-7-11(14)9-13/h11-12H,3-10,13H2,1-2H3. The largest absolute Gasteiger partial charge is 0.352 e. The summed E-state index contributed by atoms with van der Waals surface area (Å²) in [7, 11) is 0. The van der Waals surface area contributed by atoms with E-state index in [0.717, 1.165) is 19.6 Å². The van der Waals surface area contributed by atoms with Crippen molar-refractivity contribution in [2.24, 2.45) is 5.73 Å². The second-order valence-corrected chi connectivity index (χ2v) is 4.22. The minimum absolute atomic E-state index is 0.0952. The molecule has 4 nitrogen and oxygen atoms in total. The first-order valence-corrected chi connectivity index (χ1v) is 6.49. The molecule has 0 spiro atoms. The Labute approximate surface area is 99.1 Å². The maximum absolute atomic E-state index is 5.79. The molecule has 1 aliphatic heterocycles. The monoisotopic (exact) mass is 230 g/mol. The molecular weight excluding hydrogens is 204 g/mol. The van der Waals surface area contributed by atoms with Gasteiger partial charge in [-0.25, -0.2) is 0 Å². The minimum atomic E-state index is -0.0952. The van der Waals surface area contributed by atoms with Crippen LogP contribution in [0.3, 0.4) is 0 Å². The van der Waals surface area contributed by atoms with Crippen LogP contribution in [-0.2, 0) is 9.47 Å². The van der Waals surface area contributed by atoms with Gasteiger partial charge in [0.15, 0.2) is 6.29 Å². The number of hydrogen-bond acceptors (Lipinski definition) is 4. The van der Waals surface area contributed by atoms with E-state index in [1.54, 1.807) is 0 Å². The molecule has 1 rings (SSSR count). The van der Waals surface area contributed by atoms with E-state index in [4.69, 9.17) is 15.2 Å². The predicted octanol–water partition coefficient (Wildman–Crippen LogP) is 1.20. The van der Waals surface area contributed by atoms with E-state index in [2.05, 4.69) is 4.90 Å². The highest BCUT2D eigenvalue weighted by Crippen LogP contribution is 2.17. The third-order valence-corrected chi connectivity index (χ3v) is 3.11. The molecule has 0 radical (unpaired) electrons. The number of ether oxygens (including phenoxy) is 2. The molecule has 0 bridgehead atoms. The Morgan fingerprint density at radius 2 is 1.94 bits per heavy atom. The summed E-state index contributed by atoms with van der Waals surface area (Å²) in [4.78, 5) is 2.42. The van der Waals surface area contributed by atoms with Crippen LogP contribution in [0.2, 0.25) is 0 Å². The van der Waals surface area contributed by atoms with Gasteiger partial charge in [0.2, 0.25) is 0 Å². The molecule has 0 aromatic carbocycles. The zero-order chi connectivity index (χ0) is 11.8. The molecule has 1 saturated heterocycles. The summed E-state index contributed by atoms with van der Waals surface area (Å²) in [6, 6.07) is 0.511. The summed E-state index contributed by atoms with van der Waals surface area (Å²) < 4.78 is 11.1. The number of likely N-dealkylation sites (tertiary alicyclic amines) is 1. The third kappa shape index (κ3) is 4.37. The van der Waals surface area contributed by atoms with E-state index in [-0.39, 0.29) is 6.29 Å². The van der Waals surface area contributed by atoms with Gasteiger partial charge in [-0.2, -0.15) is 0 Å². The van der Waals surface area contributed by atoms with Gasteiger partial charge in [0.25, 0.3) is 0 Å². The van der Waals surface area contributed by atoms with Crippen LogP contribution >= 0.6 is 0 Å². The maximum atomic E-state index is 5.79. The fraction of sp³-hybridized carbons (Fsp3) is 1.00. The van der Waals surface area contributed by atoms with Gasteiger partial charge in [-0.05, 0) is 33.2 Å². The van der Waals surface area contributed by atoms with Gasteiger partial charge in [0.05, 0.1) is 0 Å². The van der Waals surface area contributed by atoms with Gasteiger partial charge in [0, 0.05) is 32.3 Å². The van der Waals surface area contributed by atoms with Crippen molar-refractivity contribution in [3.8, 4) is 0 Å². The van der Waals surface area contributed by atoms with Crippen molar-refractivity contribution in [2.45, 2.75) is 45.4 Å². The van der Waals surface area contributed by atoms with E-state index < -0.39 is 0 Å². The van der Waals surface area contributed by atoms with E-state index in [0.29, 0.717) is 19.3 Å². The Morgan fingerprint density at radius 1 is 1.25 bits per heavy atom. The van der Waals surface area contributed by atoms with Gasteiger partial charge >= 0.3 is 0 Å². The molecule has 96 valence electrons. The van der Waals surface area contributed by atoms with Crippen molar-refractivity contribution in [1.82, 2.24) is 4.90 Å². The Hall–Kier alpha value is -0.160. The van der Waals surface area contributed by atoms with Crippen molar-refractivity contribution < 1.29 is 9.47 Å². The zero-order valence-electron chi connectivity index (χ0n) is 10.7. The summed E-state index contributed by atoms with van der Waals surface area (Å²) in [5.74, 6) is 0. The minimum Gasteiger partial charge on any atom is -0.352 e. The van der Waals surface area contributed by atoms with Crippen LogP contribution in [0.1, 0.15) is 33.1 Å². The molecule has 16 heavy (non-hydrogen) atoms. The highest BCUT2D eigenvalue weighted by molar-refractivity contribution is 4.78. The SMILES string of the molecule is CCOC(CN1CCCCC1CN)OCC. The fourth-order valence-electron chi connectivity index (χ4n) is 2.28. The Balaban J connectivity index is 2.40. The molecule has 0 aromatic heterocycles. The predicted molar refractivity (Wildman–Crippen MR) is 65.3 cm³/mol. The van der Waals surface area contributed by atoms with Crippen molar-refractivity contribution >= 4 is 0 Å². The smallest absolute Gasteiger partial charge is 0.170 e. The molecule has 1 unspecified atom stereocenters. The van der Waals surface area contributed by atoms with Gasteiger partial charge < -0.3 is 15.2 Å². The first-order chi connectivity index (χ1) is 7.81. The van der Waals surface area contributed by atoms with Crippen molar-refractivity contribution in [2.75, 3.05) is 32.8 Å². The van der Waals surface area contributed by atoms with Gasteiger partial charge in [-0.3, -0.25) is 4.90 Å². The quantitative estimate of drug-likeness (QED) is 0.668. The van der Waals surface area contributed by atoms with Crippen LogP contribution in [0.5, 0.6) is 0 Å². The molecule has 0 saturated carbocycles. The lowest BCUT2D eigenvalue weighted by Gasteiger charge is -2.36. The van der Waals surface area contributed by atoms with Crippen LogP contribution in [0, 0.1) is 0 Å². The molecule has 2 N–H and O–H groups in total. The molecule has 0 aromatic rings. The van der Waals surface area contributed by atoms with E-state index in [9.17, 15) is 0 Å². The number of rotatable bonds is 7. The van der Waals surface area contributed by atoms with Crippen LogP contribution in [0.15, 0.2) is 0 Å². The second kappa shape index (κ2) is 8.01. The van der Waals surface area contributed by atoms with Crippen LogP contribution < -0.4 is 5.73 Å². The van der Waals surface area contributed by atoms with Crippen molar-refractivity contribution in [1.29, 1.82) is 0 Å². The average Bonchev–Trinajstić information content (AvgIpc) is 2.30. The summed E-state index contributed by atoms with van der Waals surface area (Å²) in [6.45, 7) is 8.12. The van der Waals surface area contributed by atoms with Gasteiger partial charge in [0.1, 0.15) is 0 Å². The normalized spacial score (nSPS) is 22.9. The lowest BCUT2D eigenvalue weighted by molar-refractivity contribution is -0.152. The summed E-state index contributed by atoms with van der Waals surface area (Å²) >= 11 is 0. The lowest BCUT2D eigenvalue weighted by atomic mass is 10.0. The molecule has 4 heteroatoms. The fourth-order valence-corrected chi connectivity index (χ4v) is 2.28. The van der Waals surface area contributed by atoms with E-state index in [1.807, 2.05) is 13.8 Å². The van der Waals surface area contributed by atoms with Gasteiger partial charge in [-0.1, -0.05) is 6.42 Å². The Kier molecular flexibility index (Phi) is 6.96. The van der Waals surface area contributed by atoms with Crippen molar-refractivity contribution in [3.63, 3.8) is 0 Å². The number of piperidine rings is 1. The number of nitrogens with two attached hydrogens (primary N) is 1. The molecular formula is C12H26N2O2. The second-order valence-electron chi connectivity index (χ2n) is 4.22. The zero-order valence-corrected chi connectivity index (χ0v) is 10.7. The highest BCUT2D eigenvalue weighted by atomic mass is 16.7. The molecule has 1 heterocycles. The summed E-state index contributed by atoms with van der Waals surface area (Å²) in [5.41, 5.74) is 5.79. The lowest BCUT2D eigenvalue weighted by Crippen LogP contribution is -2.48. The maximum Gasteiger partial charge on any atom is 0.170 e. The molecule has 1 aliphatic rings. The number of nitrogens with zero attached hydrogens (tertiary/aromatic N) is 1. The summed E-state index contributed by atoms with van der Waals surface area (Å²) in [6.07, 6.45) is 3.68. The Morgan fingerprint density at radius 3 is 2.50 bits per heavy atom.